The molecule has 4 aromatic rings. The normalized spacial score (nSPS) is 10.8. The van der Waals surface area contributed by atoms with Crippen LogP contribution in [0.2, 0.25) is 0 Å². The van der Waals surface area contributed by atoms with Crippen molar-refractivity contribution in [3.05, 3.63) is 88.9 Å². The highest BCUT2D eigenvalue weighted by Crippen LogP contribution is 2.24. The molecule has 2 aromatic carbocycles. The highest BCUT2D eigenvalue weighted by molar-refractivity contribution is 7.13. The highest BCUT2D eigenvalue weighted by Gasteiger charge is 2.13. The summed E-state index contributed by atoms with van der Waals surface area (Å²) < 4.78 is 18.4. The molecule has 0 radical (unpaired) electrons. The van der Waals surface area contributed by atoms with Gasteiger partial charge in [0.25, 0.3) is 0 Å². The number of halogens is 1. The summed E-state index contributed by atoms with van der Waals surface area (Å²) >= 11 is 1.54. The molecule has 0 unspecified atom stereocenters. The second kappa shape index (κ2) is 8.14. The van der Waals surface area contributed by atoms with Crippen LogP contribution in [0.15, 0.2) is 70.6 Å². The van der Waals surface area contributed by atoms with Gasteiger partial charge < -0.3 is 9.84 Å². The molecule has 1 amide bonds. The Hall–Kier alpha value is -3.32. The third kappa shape index (κ3) is 4.32. The minimum Gasteiger partial charge on any atom is -0.339 e. The van der Waals surface area contributed by atoms with Gasteiger partial charge in [0.15, 0.2) is 0 Å². The number of thiophene rings is 1. The van der Waals surface area contributed by atoms with E-state index < -0.39 is 0 Å². The van der Waals surface area contributed by atoms with Gasteiger partial charge in [-0.25, -0.2) is 4.39 Å². The third-order valence-electron chi connectivity index (χ3n) is 4.12. The van der Waals surface area contributed by atoms with Crippen molar-refractivity contribution in [2.45, 2.75) is 12.8 Å². The lowest BCUT2D eigenvalue weighted by molar-refractivity contribution is -0.115. The van der Waals surface area contributed by atoms with Crippen molar-refractivity contribution in [2.24, 2.45) is 0 Å². The molecule has 0 saturated carbocycles. The van der Waals surface area contributed by atoms with E-state index in [1.54, 1.807) is 23.5 Å². The lowest BCUT2D eigenvalue weighted by Crippen LogP contribution is -2.15. The Bertz CT molecular complexity index is 1080. The van der Waals surface area contributed by atoms with Crippen molar-refractivity contribution in [1.82, 2.24) is 10.1 Å². The summed E-state index contributed by atoms with van der Waals surface area (Å²) in [5.74, 6) is 0.534. The molecular weight excluding hydrogens is 377 g/mol. The molecule has 0 spiro atoms. The summed E-state index contributed by atoms with van der Waals surface area (Å²) in [6.07, 6.45) is 0.572. The minimum atomic E-state index is -0.323. The van der Waals surface area contributed by atoms with E-state index in [-0.39, 0.29) is 18.1 Å². The van der Waals surface area contributed by atoms with Gasteiger partial charge in [-0.05, 0) is 40.8 Å². The van der Waals surface area contributed by atoms with E-state index in [1.807, 2.05) is 41.8 Å². The van der Waals surface area contributed by atoms with Gasteiger partial charge in [0.05, 0.1) is 17.7 Å². The van der Waals surface area contributed by atoms with Crippen molar-refractivity contribution in [3.8, 4) is 10.7 Å². The number of carbonyl (C=O) groups excluding carboxylic acids is 1. The van der Waals surface area contributed by atoms with Crippen LogP contribution in [-0.2, 0) is 17.6 Å². The predicted molar refractivity (Wildman–Crippen MR) is 106 cm³/mol. The Kier molecular flexibility index (Phi) is 5.25. The second-order valence-corrected chi connectivity index (χ2v) is 7.12. The third-order valence-corrected chi connectivity index (χ3v) is 4.99. The topological polar surface area (TPSA) is 68.0 Å². The van der Waals surface area contributed by atoms with Crippen LogP contribution >= 0.6 is 11.3 Å². The van der Waals surface area contributed by atoms with Crippen molar-refractivity contribution in [3.63, 3.8) is 0 Å². The fourth-order valence-corrected chi connectivity index (χ4v) is 3.42. The maximum absolute atomic E-state index is 13.0. The molecule has 0 aliphatic rings. The number of nitrogens with one attached hydrogen (secondary N) is 1. The number of rotatable bonds is 6. The Balaban J connectivity index is 1.46. The number of hydrogen-bond donors (Lipinski definition) is 1. The fraction of sp³-hybridized carbons (Fsp3) is 0.0952. The maximum atomic E-state index is 13.0. The molecule has 0 aliphatic carbocycles. The summed E-state index contributed by atoms with van der Waals surface area (Å²) in [6.45, 7) is 0. The molecule has 0 aliphatic heterocycles. The summed E-state index contributed by atoms with van der Waals surface area (Å²) in [6, 6.07) is 17.2. The molecule has 0 bridgehead atoms. The first-order valence-corrected chi connectivity index (χ1v) is 9.54. The van der Waals surface area contributed by atoms with Crippen LogP contribution < -0.4 is 5.32 Å². The zero-order valence-electron chi connectivity index (χ0n) is 14.8. The van der Waals surface area contributed by atoms with Crippen LogP contribution in [0.3, 0.4) is 0 Å². The molecular formula is C21H16FN3O2S. The highest BCUT2D eigenvalue weighted by atomic mass is 32.1. The van der Waals surface area contributed by atoms with E-state index in [4.69, 9.17) is 4.52 Å². The van der Waals surface area contributed by atoms with E-state index >= 15 is 0 Å². The van der Waals surface area contributed by atoms with Crippen LogP contribution in [0.25, 0.3) is 10.7 Å². The first-order chi connectivity index (χ1) is 13.7. The van der Waals surface area contributed by atoms with Gasteiger partial charge in [-0.2, -0.15) is 4.98 Å². The lowest BCUT2D eigenvalue weighted by Gasteiger charge is -2.10. The van der Waals surface area contributed by atoms with E-state index in [0.29, 0.717) is 23.8 Å². The Morgan fingerprint density at radius 1 is 1.07 bits per heavy atom. The average molecular weight is 393 g/mol. The smallest absolute Gasteiger partial charge is 0.231 e. The monoisotopic (exact) mass is 393 g/mol. The van der Waals surface area contributed by atoms with Gasteiger partial charge in [0.1, 0.15) is 5.82 Å². The Morgan fingerprint density at radius 3 is 2.68 bits per heavy atom. The molecule has 140 valence electrons. The summed E-state index contributed by atoms with van der Waals surface area (Å²) in [4.78, 5) is 17.7. The van der Waals surface area contributed by atoms with Gasteiger partial charge in [0.2, 0.25) is 17.6 Å². The molecule has 28 heavy (non-hydrogen) atoms. The molecule has 0 fully saturated rings. The van der Waals surface area contributed by atoms with E-state index in [2.05, 4.69) is 15.5 Å². The van der Waals surface area contributed by atoms with E-state index in [0.717, 1.165) is 16.0 Å². The first kappa shape index (κ1) is 18.1. The number of nitrogens with zero attached hydrogens (tertiary/aromatic N) is 2. The number of aromatic nitrogens is 2. The Labute approximate surface area is 164 Å². The molecule has 2 aromatic heterocycles. The standard InChI is InChI=1S/C21H16FN3O2S/c22-16-9-7-14(8-10-16)12-19(26)23-17-5-2-1-4-15(17)13-20-24-21(25-27-20)18-6-3-11-28-18/h1-11H,12-13H2,(H,23,26). The minimum absolute atomic E-state index is 0.164. The van der Waals surface area contributed by atoms with Gasteiger partial charge >= 0.3 is 0 Å². The number of hydrogen-bond acceptors (Lipinski definition) is 5. The van der Waals surface area contributed by atoms with Crippen LogP contribution in [-0.4, -0.2) is 16.0 Å². The molecule has 2 heterocycles. The van der Waals surface area contributed by atoms with Crippen molar-refractivity contribution < 1.29 is 13.7 Å². The summed E-state index contributed by atoms with van der Waals surface area (Å²) in [5, 5.41) is 8.88. The van der Waals surface area contributed by atoms with Gasteiger partial charge in [-0.3, -0.25) is 4.79 Å². The maximum Gasteiger partial charge on any atom is 0.231 e. The van der Waals surface area contributed by atoms with Gasteiger partial charge in [-0.1, -0.05) is 41.6 Å². The number of amides is 1. The van der Waals surface area contributed by atoms with Crippen LogP contribution in [0.5, 0.6) is 0 Å². The zero-order valence-corrected chi connectivity index (χ0v) is 15.6. The quantitative estimate of drug-likeness (QED) is 0.515. The fourth-order valence-electron chi connectivity index (χ4n) is 2.77. The van der Waals surface area contributed by atoms with Crippen molar-refractivity contribution in [2.75, 3.05) is 5.32 Å². The molecule has 5 nitrogen and oxygen atoms in total. The number of anilines is 1. The number of benzene rings is 2. The first-order valence-electron chi connectivity index (χ1n) is 8.66. The molecule has 1 N–H and O–H groups in total. The largest absolute Gasteiger partial charge is 0.339 e. The number of carbonyl (C=O) groups is 1. The second-order valence-electron chi connectivity index (χ2n) is 6.17. The van der Waals surface area contributed by atoms with Crippen molar-refractivity contribution in [1.29, 1.82) is 0 Å². The summed E-state index contributed by atoms with van der Waals surface area (Å²) in [7, 11) is 0. The van der Waals surface area contributed by atoms with Crippen LogP contribution in [0.1, 0.15) is 17.0 Å². The number of para-hydroxylation sites is 1. The molecule has 4 rings (SSSR count). The van der Waals surface area contributed by atoms with E-state index in [1.165, 1.54) is 12.1 Å². The Morgan fingerprint density at radius 2 is 1.89 bits per heavy atom. The van der Waals surface area contributed by atoms with E-state index in [9.17, 15) is 9.18 Å². The van der Waals surface area contributed by atoms with Gasteiger partial charge in [-0.15, -0.1) is 11.3 Å². The van der Waals surface area contributed by atoms with Crippen LogP contribution in [0.4, 0.5) is 10.1 Å². The molecule has 7 heteroatoms. The van der Waals surface area contributed by atoms with Crippen molar-refractivity contribution >= 4 is 22.9 Å². The van der Waals surface area contributed by atoms with Gasteiger partial charge in [0, 0.05) is 5.69 Å². The predicted octanol–water partition coefficient (Wildman–Crippen LogP) is 4.71. The summed E-state index contributed by atoms with van der Waals surface area (Å²) in [5.41, 5.74) is 2.30. The SMILES string of the molecule is O=C(Cc1ccc(F)cc1)Nc1ccccc1Cc1nc(-c2cccs2)no1. The zero-order chi connectivity index (χ0) is 19.3. The van der Waals surface area contributed by atoms with Crippen LogP contribution in [0, 0.1) is 5.82 Å². The average Bonchev–Trinajstić information content (AvgIpc) is 3.37. The molecule has 0 atom stereocenters. The molecule has 0 saturated heterocycles. The lowest BCUT2D eigenvalue weighted by atomic mass is 10.1.